The molecule has 3 heterocycles. The first-order valence-electron chi connectivity index (χ1n) is 8.02. The van der Waals surface area contributed by atoms with E-state index in [1.54, 1.807) is 16.7 Å². The molecule has 5 heteroatoms. The lowest BCUT2D eigenvalue weighted by molar-refractivity contribution is 0.175. The first-order chi connectivity index (χ1) is 10.7. The number of nitrogens with zero attached hydrogens (tertiary/aromatic N) is 3. The van der Waals surface area contributed by atoms with Crippen LogP contribution in [0.1, 0.15) is 24.1 Å². The van der Waals surface area contributed by atoms with E-state index in [4.69, 9.17) is 4.98 Å². The number of pyridine rings is 1. The molecule has 22 heavy (non-hydrogen) atoms. The predicted octanol–water partition coefficient (Wildman–Crippen LogP) is 1.43. The van der Waals surface area contributed by atoms with Gasteiger partial charge in [-0.25, -0.2) is 4.98 Å². The van der Waals surface area contributed by atoms with Crippen molar-refractivity contribution in [2.75, 3.05) is 26.7 Å². The highest BCUT2D eigenvalue weighted by Gasteiger charge is 2.19. The molecule has 2 aromatic heterocycles. The number of nitrogens with one attached hydrogen (secondary N) is 1. The molecule has 0 atom stereocenters. The maximum absolute atomic E-state index is 12.2. The Morgan fingerprint density at radius 3 is 2.86 bits per heavy atom. The lowest BCUT2D eigenvalue weighted by Gasteiger charge is -2.31. The molecule has 1 aliphatic heterocycles. The zero-order valence-electron chi connectivity index (χ0n) is 13.4. The highest BCUT2D eigenvalue weighted by Crippen LogP contribution is 2.18. The Morgan fingerprint density at radius 2 is 2.14 bits per heavy atom. The fraction of sp³-hybridized carbons (Fsp3) is 0.529. The predicted molar refractivity (Wildman–Crippen MR) is 88.1 cm³/mol. The fourth-order valence-corrected chi connectivity index (χ4v) is 3.26. The normalized spacial score (nSPS) is 17.2. The summed E-state index contributed by atoms with van der Waals surface area (Å²) in [5.74, 6) is 0.777. The van der Waals surface area contributed by atoms with Crippen LogP contribution in [0.15, 0.2) is 29.2 Å². The van der Waals surface area contributed by atoms with Gasteiger partial charge in [0.1, 0.15) is 5.65 Å². The summed E-state index contributed by atoms with van der Waals surface area (Å²) in [5.41, 5.74) is 2.70. The Kier molecular flexibility index (Phi) is 4.55. The van der Waals surface area contributed by atoms with Gasteiger partial charge in [-0.3, -0.25) is 14.1 Å². The average Bonchev–Trinajstić information content (AvgIpc) is 2.51. The quantitative estimate of drug-likeness (QED) is 0.928. The Balaban J connectivity index is 1.75. The summed E-state index contributed by atoms with van der Waals surface area (Å²) in [6.45, 7) is 6.03. The summed E-state index contributed by atoms with van der Waals surface area (Å²) in [4.78, 5) is 19.3. The Morgan fingerprint density at radius 1 is 1.36 bits per heavy atom. The molecule has 1 aliphatic rings. The second-order valence-corrected chi connectivity index (χ2v) is 6.25. The molecule has 118 valence electrons. The molecule has 0 unspecified atom stereocenters. The molecule has 1 saturated heterocycles. The van der Waals surface area contributed by atoms with E-state index in [-0.39, 0.29) is 5.56 Å². The number of aromatic nitrogens is 2. The average molecular weight is 300 g/mol. The van der Waals surface area contributed by atoms with Crippen LogP contribution in [0, 0.1) is 12.8 Å². The minimum absolute atomic E-state index is 0.00812. The Hall–Kier alpha value is -1.72. The van der Waals surface area contributed by atoms with Gasteiger partial charge in [-0.2, -0.15) is 0 Å². The van der Waals surface area contributed by atoms with Gasteiger partial charge >= 0.3 is 0 Å². The fourth-order valence-electron chi connectivity index (χ4n) is 3.26. The summed E-state index contributed by atoms with van der Waals surface area (Å²) in [6, 6.07) is 5.55. The van der Waals surface area contributed by atoms with Gasteiger partial charge in [0.15, 0.2) is 0 Å². The molecule has 0 aromatic carbocycles. The third-order valence-corrected chi connectivity index (χ3v) is 4.52. The van der Waals surface area contributed by atoms with Crippen LogP contribution in [-0.2, 0) is 6.54 Å². The van der Waals surface area contributed by atoms with Crippen molar-refractivity contribution in [2.24, 2.45) is 5.92 Å². The molecule has 0 amide bonds. The maximum atomic E-state index is 12.2. The van der Waals surface area contributed by atoms with Gasteiger partial charge in [0.2, 0.25) is 0 Å². The second kappa shape index (κ2) is 6.58. The number of piperidine rings is 1. The van der Waals surface area contributed by atoms with E-state index in [2.05, 4.69) is 10.2 Å². The first kappa shape index (κ1) is 15.2. The van der Waals surface area contributed by atoms with Crippen LogP contribution in [0.5, 0.6) is 0 Å². The monoisotopic (exact) mass is 300 g/mol. The highest BCUT2D eigenvalue weighted by molar-refractivity contribution is 5.46. The third kappa shape index (κ3) is 3.20. The van der Waals surface area contributed by atoms with Crippen LogP contribution in [-0.4, -0.2) is 41.0 Å². The van der Waals surface area contributed by atoms with Crippen LogP contribution >= 0.6 is 0 Å². The van der Waals surface area contributed by atoms with Crippen LogP contribution in [0.2, 0.25) is 0 Å². The molecule has 0 saturated carbocycles. The number of aryl methyl sites for hydroxylation is 1. The second-order valence-electron chi connectivity index (χ2n) is 6.25. The molecule has 1 N–H and O–H groups in total. The Labute approximate surface area is 131 Å². The molecule has 0 spiro atoms. The summed E-state index contributed by atoms with van der Waals surface area (Å²) < 4.78 is 1.62. The highest BCUT2D eigenvalue weighted by atomic mass is 16.1. The zero-order valence-corrected chi connectivity index (χ0v) is 13.4. The molecule has 0 radical (unpaired) electrons. The molecule has 1 fully saturated rings. The molecule has 2 aromatic rings. The van der Waals surface area contributed by atoms with Gasteiger partial charge in [-0.1, -0.05) is 6.07 Å². The van der Waals surface area contributed by atoms with Crippen LogP contribution in [0.3, 0.4) is 0 Å². The van der Waals surface area contributed by atoms with E-state index in [1.165, 1.54) is 12.8 Å². The summed E-state index contributed by atoms with van der Waals surface area (Å²) >= 11 is 0. The van der Waals surface area contributed by atoms with E-state index in [0.29, 0.717) is 0 Å². The van der Waals surface area contributed by atoms with Crippen molar-refractivity contribution in [1.82, 2.24) is 19.6 Å². The van der Waals surface area contributed by atoms with Gasteiger partial charge in [0, 0.05) is 18.8 Å². The molecule has 5 nitrogen and oxygen atoms in total. The van der Waals surface area contributed by atoms with Crippen molar-refractivity contribution in [3.63, 3.8) is 0 Å². The van der Waals surface area contributed by atoms with Crippen LogP contribution in [0.25, 0.3) is 5.65 Å². The van der Waals surface area contributed by atoms with Crippen LogP contribution in [0.4, 0.5) is 0 Å². The third-order valence-electron chi connectivity index (χ3n) is 4.52. The number of hydrogen-bond donors (Lipinski definition) is 1. The van der Waals surface area contributed by atoms with Crippen LogP contribution < -0.4 is 10.9 Å². The minimum atomic E-state index is 0.00812. The number of likely N-dealkylation sites (tertiary alicyclic amines) is 1. The van der Waals surface area contributed by atoms with E-state index in [0.717, 1.165) is 49.0 Å². The summed E-state index contributed by atoms with van der Waals surface area (Å²) in [7, 11) is 2.02. The molecule has 0 aliphatic carbocycles. The number of rotatable bonds is 4. The van der Waals surface area contributed by atoms with Gasteiger partial charge in [-0.05, 0) is 64.0 Å². The van der Waals surface area contributed by atoms with Crippen molar-refractivity contribution in [2.45, 2.75) is 26.3 Å². The van der Waals surface area contributed by atoms with E-state index in [1.807, 2.05) is 26.1 Å². The summed E-state index contributed by atoms with van der Waals surface area (Å²) in [6.07, 6.45) is 4.21. The lowest BCUT2D eigenvalue weighted by atomic mass is 9.97. The molecule has 0 bridgehead atoms. The van der Waals surface area contributed by atoms with Crippen molar-refractivity contribution in [3.05, 3.63) is 46.0 Å². The smallest absolute Gasteiger partial charge is 0.258 e. The summed E-state index contributed by atoms with van der Waals surface area (Å²) in [5, 5.41) is 3.26. The molecular weight excluding hydrogens is 276 g/mol. The minimum Gasteiger partial charge on any atom is -0.319 e. The topological polar surface area (TPSA) is 49.6 Å². The van der Waals surface area contributed by atoms with Gasteiger partial charge in [0.25, 0.3) is 5.56 Å². The maximum Gasteiger partial charge on any atom is 0.258 e. The zero-order chi connectivity index (χ0) is 15.5. The largest absolute Gasteiger partial charge is 0.319 e. The van der Waals surface area contributed by atoms with Crippen molar-refractivity contribution < 1.29 is 0 Å². The number of hydrogen-bond acceptors (Lipinski definition) is 4. The van der Waals surface area contributed by atoms with Crippen molar-refractivity contribution >= 4 is 5.65 Å². The first-order valence-corrected chi connectivity index (χ1v) is 8.02. The van der Waals surface area contributed by atoms with E-state index in [9.17, 15) is 4.79 Å². The van der Waals surface area contributed by atoms with Gasteiger partial charge in [-0.15, -0.1) is 0 Å². The molecular formula is C17H24N4O. The van der Waals surface area contributed by atoms with Gasteiger partial charge < -0.3 is 5.32 Å². The van der Waals surface area contributed by atoms with Gasteiger partial charge in [0.05, 0.1) is 5.69 Å². The van der Waals surface area contributed by atoms with E-state index < -0.39 is 0 Å². The van der Waals surface area contributed by atoms with E-state index >= 15 is 0 Å². The standard InChI is InChI=1S/C17H24N4O/c1-13-4-3-7-21-16(22)10-15(19-17(13)21)12-20-8-5-14(6-9-20)11-18-2/h3-4,7,10,14,18H,5-6,8-9,11-12H2,1-2H3. The van der Waals surface area contributed by atoms with Crippen molar-refractivity contribution in [3.8, 4) is 0 Å². The molecule has 3 rings (SSSR count). The SMILES string of the molecule is CNCC1CCN(Cc2cc(=O)n3cccc(C)c3n2)CC1. The lowest BCUT2D eigenvalue weighted by Crippen LogP contribution is -2.36. The Bertz CT molecular complexity index is 701. The number of fused-ring (bicyclic) bond motifs is 1. The van der Waals surface area contributed by atoms with Crippen molar-refractivity contribution in [1.29, 1.82) is 0 Å².